The van der Waals surface area contributed by atoms with Crippen molar-refractivity contribution < 1.29 is 14.5 Å². The Labute approximate surface area is 152 Å². The van der Waals surface area contributed by atoms with Crippen LogP contribution in [0.15, 0.2) is 29.6 Å². The molecule has 0 aliphatic heterocycles. The van der Waals surface area contributed by atoms with Crippen molar-refractivity contribution in [3.63, 3.8) is 0 Å². The Bertz CT molecular complexity index is 725. The fourth-order valence-electron chi connectivity index (χ4n) is 2.23. The van der Waals surface area contributed by atoms with Crippen LogP contribution in [0.4, 0.5) is 5.13 Å². The van der Waals surface area contributed by atoms with Gasteiger partial charge in [-0.15, -0.1) is 11.3 Å². The zero-order chi connectivity index (χ0) is 18.4. The zero-order valence-electron chi connectivity index (χ0n) is 15.1. The van der Waals surface area contributed by atoms with Crippen LogP contribution in [-0.2, 0) is 4.79 Å². The third-order valence-electron chi connectivity index (χ3n) is 3.67. The third-order valence-corrected chi connectivity index (χ3v) is 4.54. The van der Waals surface area contributed by atoms with Gasteiger partial charge in [-0.05, 0) is 26.0 Å². The summed E-state index contributed by atoms with van der Waals surface area (Å²) in [5.74, 6) is -0.365. The van der Waals surface area contributed by atoms with E-state index in [2.05, 4.69) is 10.3 Å². The van der Waals surface area contributed by atoms with Gasteiger partial charge in [0.2, 0.25) is 5.91 Å². The van der Waals surface area contributed by atoms with Crippen LogP contribution >= 0.6 is 11.3 Å². The highest BCUT2D eigenvalue weighted by molar-refractivity contribution is 7.13. The van der Waals surface area contributed by atoms with Crippen LogP contribution in [0, 0.1) is 13.8 Å². The lowest BCUT2D eigenvalue weighted by Gasteiger charge is -2.22. The largest absolute Gasteiger partial charge is 0.338 e. The van der Waals surface area contributed by atoms with Gasteiger partial charge in [-0.25, -0.2) is 4.98 Å². The summed E-state index contributed by atoms with van der Waals surface area (Å²) < 4.78 is 0. The molecule has 0 aliphatic carbocycles. The van der Waals surface area contributed by atoms with Crippen molar-refractivity contribution in [1.29, 1.82) is 0 Å². The first-order valence-corrected chi connectivity index (χ1v) is 9.10. The lowest BCUT2D eigenvalue weighted by atomic mass is 10.1. The molecular weight excluding hydrogens is 336 g/mol. The zero-order valence-corrected chi connectivity index (χ0v) is 15.9. The van der Waals surface area contributed by atoms with Gasteiger partial charge in [0.05, 0.1) is 32.9 Å². The molecule has 0 aliphatic rings. The number of nitrogens with zero attached hydrogens (tertiary/aromatic N) is 2. The summed E-state index contributed by atoms with van der Waals surface area (Å²) in [5.41, 5.74) is 2.55. The molecule has 6 nitrogen and oxygen atoms in total. The molecule has 0 bridgehead atoms. The maximum Gasteiger partial charge on any atom is 0.254 e. The van der Waals surface area contributed by atoms with E-state index in [0.717, 1.165) is 17.8 Å². The number of benzene rings is 1. The molecular formula is C18H25N4O2S+. The van der Waals surface area contributed by atoms with Crippen LogP contribution in [0.2, 0.25) is 0 Å². The molecule has 0 atom stereocenters. The van der Waals surface area contributed by atoms with Crippen molar-refractivity contribution in [2.75, 3.05) is 39.0 Å². The molecule has 0 radical (unpaired) electrons. The molecule has 0 fully saturated rings. The molecule has 134 valence electrons. The molecule has 0 spiro atoms. The highest BCUT2D eigenvalue weighted by Crippen LogP contribution is 2.14. The minimum Gasteiger partial charge on any atom is -0.338 e. The highest BCUT2D eigenvalue weighted by Gasteiger charge is 2.20. The standard InChI is InChI=1S/C18H24N4O2S/c1-13-5-7-15(8-6-13)17(24)22(10-9-21(3)4)11-16(23)20-18-19-14(2)12-25-18/h5-8,12H,9-11H2,1-4H3,(H,19,20,23)/p+1. The second kappa shape index (κ2) is 8.73. The fourth-order valence-corrected chi connectivity index (χ4v) is 2.94. The normalized spacial score (nSPS) is 10.8. The summed E-state index contributed by atoms with van der Waals surface area (Å²) in [5, 5.41) is 5.20. The smallest absolute Gasteiger partial charge is 0.254 e. The monoisotopic (exact) mass is 361 g/mol. The molecule has 1 heterocycles. The minimum atomic E-state index is -0.233. The van der Waals surface area contributed by atoms with E-state index in [1.807, 2.05) is 45.5 Å². The first-order chi connectivity index (χ1) is 11.8. The van der Waals surface area contributed by atoms with Crippen molar-refractivity contribution in [2.24, 2.45) is 0 Å². The molecule has 2 amide bonds. The van der Waals surface area contributed by atoms with Crippen LogP contribution < -0.4 is 10.2 Å². The molecule has 2 aromatic rings. The van der Waals surface area contributed by atoms with Crippen molar-refractivity contribution in [3.8, 4) is 0 Å². The summed E-state index contributed by atoms with van der Waals surface area (Å²) >= 11 is 1.38. The Balaban J connectivity index is 2.07. The van der Waals surface area contributed by atoms with Crippen LogP contribution in [0.5, 0.6) is 0 Å². The van der Waals surface area contributed by atoms with E-state index < -0.39 is 0 Å². The van der Waals surface area contributed by atoms with E-state index in [4.69, 9.17) is 0 Å². The number of carbonyl (C=O) groups excluding carboxylic acids is 2. The second-order valence-corrected chi connectivity index (χ2v) is 7.25. The van der Waals surface area contributed by atoms with E-state index in [0.29, 0.717) is 17.2 Å². The van der Waals surface area contributed by atoms with Gasteiger partial charge in [0, 0.05) is 10.9 Å². The number of amides is 2. The number of thiazole rings is 1. The highest BCUT2D eigenvalue weighted by atomic mass is 32.1. The van der Waals surface area contributed by atoms with Gasteiger partial charge in [0.25, 0.3) is 5.91 Å². The molecule has 0 unspecified atom stereocenters. The summed E-state index contributed by atoms with van der Waals surface area (Å²) in [7, 11) is 4.04. The minimum absolute atomic E-state index is 0.0125. The number of nitrogens with one attached hydrogen (secondary N) is 2. The first kappa shape index (κ1) is 19.1. The Morgan fingerprint density at radius 1 is 1.20 bits per heavy atom. The number of aryl methyl sites for hydroxylation is 2. The predicted molar refractivity (Wildman–Crippen MR) is 100 cm³/mol. The number of likely N-dealkylation sites (N-methyl/N-ethyl adjacent to an activating group) is 1. The topological polar surface area (TPSA) is 66.7 Å². The van der Waals surface area contributed by atoms with Crippen LogP contribution in [0.25, 0.3) is 0 Å². The van der Waals surface area contributed by atoms with Gasteiger partial charge in [-0.3, -0.25) is 9.59 Å². The average Bonchev–Trinajstić information content (AvgIpc) is 2.96. The molecule has 2 rings (SSSR count). The summed E-state index contributed by atoms with van der Waals surface area (Å²) in [6.07, 6.45) is 0. The molecule has 0 saturated carbocycles. The van der Waals surface area contributed by atoms with Gasteiger partial charge < -0.3 is 15.1 Å². The quantitative estimate of drug-likeness (QED) is 0.773. The molecule has 2 N–H and O–H groups in total. The average molecular weight is 361 g/mol. The van der Waals surface area contributed by atoms with Gasteiger partial charge in [-0.1, -0.05) is 17.7 Å². The second-order valence-electron chi connectivity index (χ2n) is 6.39. The first-order valence-electron chi connectivity index (χ1n) is 8.22. The molecule has 25 heavy (non-hydrogen) atoms. The Morgan fingerprint density at radius 3 is 2.44 bits per heavy atom. The van der Waals surface area contributed by atoms with Gasteiger partial charge in [-0.2, -0.15) is 0 Å². The predicted octanol–water partition coefficient (Wildman–Crippen LogP) is 0.985. The number of carbonyl (C=O) groups is 2. The van der Waals surface area contributed by atoms with E-state index in [1.165, 1.54) is 16.2 Å². The van der Waals surface area contributed by atoms with Crippen LogP contribution in [-0.4, -0.2) is 55.4 Å². The number of aromatic nitrogens is 1. The molecule has 7 heteroatoms. The number of anilines is 1. The maximum atomic E-state index is 12.8. The van der Waals surface area contributed by atoms with Crippen molar-refractivity contribution in [3.05, 3.63) is 46.5 Å². The third kappa shape index (κ3) is 5.95. The van der Waals surface area contributed by atoms with E-state index in [-0.39, 0.29) is 18.4 Å². The number of quaternary nitrogens is 1. The van der Waals surface area contributed by atoms with Crippen LogP contribution in [0.1, 0.15) is 21.6 Å². The maximum absolute atomic E-state index is 12.8. The lowest BCUT2D eigenvalue weighted by Crippen LogP contribution is -3.06. The lowest BCUT2D eigenvalue weighted by molar-refractivity contribution is -0.857. The number of hydrogen-bond donors (Lipinski definition) is 2. The molecule has 0 saturated heterocycles. The Hall–Kier alpha value is -2.25. The van der Waals surface area contributed by atoms with E-state index in [9.17, 15) is 9.59 Å². The van der Waals surface area contributed by atoms with Crippen molar-refractivity contribution >= 4 is 28.3 Å². The Morgan fingerprint density at radius 2 is 1.88 bits per heavy atom. The number of rotatable bonds is 7. The molecule has 1 aromatic carbocycles. The summed E-state index contributed by atoms with van der Waals surface area (Å²) in [6.45, 7) is 5.14. The van der Waals surface area contributed by atoms with Gasteiger partial charge >= 0.3 is 0 Å². The van der Waals surface area contributed by atoms with E-state index in [1.54, 1.807) is 17.0 Å². The SMILES string of the molecule is Cc1ccc(C(=O)N(CC[NH+](C)C)CC(=O)Nc2nc(C)cs2)cc1. The van der Waals surface area contributed by atoms with Crippen molar-refractivity contribution in [2.45, 2.75) is 13.8 Å². The van der Waals surface area contributed by atoms with Crippen molar-refractivity contribution in [1.82, 2.24) is 9.88 Å². The van der Waals surface area contributed by atoms with Gasteiger partial charge in [0.15, 0.2) is 5.13 Å². The fraction of sp³-hybridized carbons (Fsp3) is 0.389. The van der Waals surface area contributed by atoms with E-state index >= 15 is 0 Å². The Kier molecular flexibility index (Phi) is 6.66. The molecule has 1 aromatic heterocycles. The summed E-state index contributed by atoms with van der Waals surface area (Å²) in [6, 6.07) is 7.41. The van der Waals surface area contributed by atoms with Crippen LogP contribution in [0.3, 0.4) is 0 Å². The number of hydrogen-bond acceptors (Lipinski definition) is 4. The van der Waals surface area contributed by atoms with Gasteiger partial charge in [0.1, 0.15) is 6.54 Å². The summed E-state index contributed by atoms with van der Waals surface area (Å²) in [4.78, 5) is 32.1.